The molecule has 0 amide bonds. The second-order valence-corrected chi connectivity index (χ2v) is 3.71. The average molecular weight is 265 g/mol. The van der Waals surface area contributed by atoms with E-state index in [0.29, 0.717) is 0 Å². The number of hydrogen-bond acceptors (Lipinski definition) is 3. The molecule has 0 aliphatic heterocycles. The van der Waals surface area contributed by atoms with Gasteiger partial charge in [0.25, 0.3) is 0 Å². The highest BCUT2D eigenvalue weighted by molar-refractivity contribution is 6.02. The van der Waals surface area contributed by atoms with E-state index in [4.69, 9.17) is 10.5 Å². The van der Waals surface area contributed by atoms with Crippen LogP contribution in [-0.2, 0) is 4.74 Å². The van der Waals surface area contributed by atoms with Gasteiger partial charge < -0.3 is 4.74 Å². The van der Waals surface area contributed by atoms with E-state index < -0.39 is 40.3 Å². The first-order valence-corrected chi connectivity index (χ1v) is 5.03. The van der Waals surface area contributed by atoms with Crippen LogP contribution in [0.25, 0.3) is 0 Å². The molecule has 0 aliphatic rings. The fourth-order valence-corrected chi connectivity index (χ4v) is 1.39. The Hall–Kier alpha value is -1.47. The van der Waals surface area contributed by atoms with Crippen LogP contribution in [0.5, 0.6) is 0 Å². The van der Waals surface area contributed by atoms with Crippen molar-refractivity contribution in [3.05, 3.63) is 34.9 Å². The maximum absolute atomic E-state index is 13.3. The normalized spacial score (nSPS) is 14.4. The smallest absolute Gasteiger partial charge is 0.215 e. The zero-order chi connectivity index (χ0) is 14.1. The van der Waals surface area contributed by atoms with Crippen molar-refractivity contribution < 1.29 is 27.1 Å². The summed E-state index contributed by atoms with van der Waals surface area (Å²) in [5.74, 6) is -8.32. The Morgan fingerprint density at radius 2 is 1.72 bits per heavy atom. The van der Waals surface area contributed by atoms with E-state index in [1.165, 1.54) is 6.92 Å². The summed E-state index contributed by atoms with van der Waals surface area (Å²) in [4.78, 5) is 11.7. The number of nitrogens with two attached hydrogens (primary N) is 1. The molecule has 1 aromatic carbocycles. The zero-order valence-corrected chi connectivity index (χ0v) is 9.69. The van der Waals surface area contributed by atoms with E-state index in [-0.39, 0.29) is 12.7 Å². The van der Waals surface area contributed by atoms with Gasteiger partial charge in [-0.2, -0.15) is 0 Å². The predicted octanol–water partition coefficient (Wildman–Crippen LogP) is 2.14. The molecule has 0 aliphatic carbocycles. The Balaban J connectivity index is 3.38. The van der Waals surface area contributed by atoms with Crippen LogP contribution in [-0.4, -0.2) is 18.1 Å². The molecule has 0 spiro atoms. The summed E-state index contributed by atoms with van der Waals surface area (Å²) in [6.45, 7) is 2.53. The van der Waals surface area contributed by atoms with Crippen molar-refractivity contribution in [3.8, 4) is 0 Å². The SMILES string of the molecule is CCOC(C)(N)C(=O)c1c(F)c(F)cc(F)c1F. The van der Waals surface area contributed by atoms with E-state index in [2.05, 4.69) is 0 Å². The second kappa shape index (κ2) is 5.03. The lowest BCUT2D eigenvalue weighted by Gasteiger charge is -2.23. The van der Waals surface area contributed by atoms with Crippen molar-refractivity contribution in [2.75, 3.05) is 6.61 Å². The summed E-state index contributed by atoms with van der Waals surface area (Å²) >= 11 is 0. The molecule has 0 saturated carbocycles. The molecule has 0 fully saturated rings. The fourth-order valence-electron chi connectivity index (χ4n) is 1.39. The van der Waals surface area contributed by atoms with E-state index in [1.54, 1.807) is 0 Å². The Kier molecular flexibility index (Phi) is 4.08. The van der Waals surface area contributed by atoms with Crippen molar-refractivity contribution >= 4 is 5.78 Å². The van der Waals surface area contributed by atoms with Crippen LogP contribution in [0.3, 0.4) is 0 Å². The van der Waals surface area contributed by atoms with E-state index in [9.17, 15) is 22.4 Å². The minimum atomic E-state index is -2.07. The predicted molar refractivity (Wildman–Crippen MR) is 54.8 cm³/mol. The van der Waals surface area contributed by atoms with Crippen molar-refractivity contribution in [2.45, 2.75) is 19.6 Å². The van der Waals surface area contributed by atoms with E-state index >= 15 is 0 Å². The van der Waals surface area contributed by atoms with Gasteiger partial charge in [-0.15, -0.1) is 0 Å². The highest BCUT2D eigenvalue weighted by atomic mass is 19.2. The molecule has 1 atom stereocenters. The van der Waals surface area contributed by atoms with Crippen molar-refractivity contribution in [1.29, 1.82) is 0 Å². The van der Waals surface area contributed by atoms with Gasteiger partial charge in [0.2, 0.25) is 5.78 Å². The molecule has 0 heterocycles. The first kappa shape index (κ1) is 14.6. The molecule has 1 unspecified atom stereocenters. The van der Waals surface area contributed by atoms with Gasteiger partial charge in [-0.05, 0) is 13.8 Å². The Bertz CT molecular complexity index is 462. The lowest BCUT2D eigenvalue weighted by atomic mass is 10.0. The summed E-state index contributed by atoms with van der Waals surface area (Å²) in [6.07, 6.45) is 0. The summed E-state index contributed by atoms with van der Waals surface area (Å²) in [7, 11) is 0. The minimum Gasteiger partial charge on any atom is -0.354 e. The second-order valence-electron chi connectivity index (χ2n) is 3.71. The number of Topliss-reactive ketones (excluding diaryl/α,β-unsaturated/α-hetero) is 1. The summed E-state index contributed by atoms with van der Waals surface area (Å²) < 4.78 is 57.4. The van der Waals surface area contributed by atoms with Crippen LogP contribution in [0, 0.1) is 23.3 Å². The third kappa shape index (κ3) is 2.51. The molecular weight excluding hydrogens is 254 g/mol. The molecule has 18 heavy (non-hydrogen) atoms. The number of carbonyl (C=O) groups is 1. The van der Waals surface area contributed by atoms with Crippen molar-refractivity contribution in [3.63, 3.8) is 0 Å². The lowest BCUT2D eigenvalue weighted by Crippen LogP contribution is -2.48. The van der Waals surface area contributed by atoms with Gasteiger partial charge in [-0.25, -0.2) is 17.6 Å². The van der Waals surface area contributed by atoms with Gasteiger partial charge in [0, 0.05) is 12.7 Å². The molecule has 0 aromatic heterocycles. The Morgan fingerprint density at radius 3 is 2.11 bits per heavy atom. The molecule has 0 saturated heterocycles. The monoisotopic (exact) mass is 265 g/mol. The average Bonchev–Trinajstić information content (AvgIpc) is 2.26. The van der Waals surface area contributed by atoms with Crippen LogP contribution >= 0.6 is 0 Å². The molecule has 100 valence electrons. The molecule has 1 rings (SSSR count). The molecule has 3 nitrogen and oxygen atoms in total. The summed E-state index contributed by atoms with van der Waals surface area (Å²) in [5.41, 5.74) is 1.93. The number of carbonyl (C=O) groups excluding carboxylic acids is 1. The molecule has 1 aromatic rings. The highest BCUT2D eigenvalue weighted by Gasteiger charge is 2.36. The first-order valence-electron chi connectivity index (χ1n) is 5.03. The topological polar surface area (TPSA) is 52.3 Å². The van der Waals surface area contributed by atoms with Crippen LogP contribution < -0.4 is 5.73 Å². The molecule has 2 N–H and O–H groups in total. The number of hydrogen-bond donors (Lipinski definition) is 1. The number of halogens is 4. The number of ether oxygens (including phenoxy) is 1. The van der Waals surface area contributed by atoms with Crippen molar-refractivity contribution in [2.24, 2.45) is 5.73 Å². The Labute approximate surface area is 101 Å². The van der Waals surface area contributed by atoms with E-state index in [1.807, 2.05) is 0 Å². The summed E-state index contributed by atoms with van der Waals surface area (Å²) in [6, 6.07) is 0.00990. The van der Waals surface area contributed by atoms with E-state index in [0.717, 1.165) is 6.92 Å². The maximum atomic E-state index is 13.3. The maximum Gasteiger partial charge on any atom is 0.215 e. The number of ketones is 1. The third-order valence-corrected chi connectivity index (χ3v) is 2.23. The van der Waals surface area contributed by atoms with Crippen LogP contribution in [0.4, 0.5) is 17.6 Å². The van der Waals surface area contributed by atoms with Crippen LogP contribution in [0.2, 0.25) is 0 Å². The Morgan fingerprint density at radius 1 is 1.28 bits per heavy atom. The zero-order valence-electron chi connectivity index (χ0n) is 9.69. The third-order valence-electron chi connectivity index (χ3n) is 2.23. The first-order chi connectivity index (χ1) is 8.22. The lowest BCUT2D eigenvalue weighted by molar-refractivity contribution is -0.00661. The van der Waals surface area contributed by atoms with Gasteiger partial charge in [0.15, 0.2) is 29.0 Å². The van der Waals surface area contributed by atoms with Crippen LogP contribution in [0.1, 0.15) is 24.2 Å². The van der Waals surface area contributed by atoms with Crippen LogP contribution in [0.15, 0.2) is 6.07 Å². The van der Waals surface area contributed by atoms with Crippen molar-refractivity contribution in [1.82, 2.24) is 0 Å². The standard InChI is InChI=1S/C11H11F4NO2/c1-3-18-11(2,16)10(17)7-8(14)5(12)4-6(13)9(7)15/h4H,3,16H2,1-2H3. The van der Waals surface area contributed by atoms with Gasteiger partial charge in [0.1, 0.15) is 0 Å². The highest BCUT2D eigenvalue weighted by Crippen LogP contribution is 2.23. The quantitative estimate of drug-likeness (QED) is 0.393. The van der Waals surface area contributed by atoms with Gasteiger partial charge >= 0.3 is 0 Å². The molecule has 7 heteroatoms. The van der Waals surface area contributed by atoms with Gasteiger partial charge in [-0.3, -0.25) is 10.5 Å². The van der Waals surface area contributed by atoms with Gasteiger partial charge in [0.05, 0.1) is 5.56 Å². The molecular formula is C11H11F4NO2. The number of rotatable bonds is 4. The largest absolute Gasteiger partial charge is 0.354 e. The minimum absolute atomic E-state index is 0.00990. The summed E-state index contributed by atoms with van der Waals surface area (Å²) in [5, 5.41) is 0. The molecule has 0 radical (unpaired) electrons. The fraction of sp³-hybridized carbons (Fsp3) is 0.364. The number of benzene rings is 1. The molecule has 0 bridgehead atoms. The van der Waals surface area contributed by atoms with Gasteiger partial charge in [-0.1, -0.05) is 0 Å².